The number of carbonyl (C=O) groups is 2. The van der Waals surface area contributed by atoms with E-state index in [-0.39, 0.29) is 19.4 Å². The van der Waals surface area contributed by atoms with Crippen molar-refractivity contribution in [2.24, 2.45) is 5.92 Å². The minimum Gasteiger partial charge on any atom is -0.488 e. The predicted molar refractivity (Wildman–Crippen MR) is 125 cm³/mol. The number of aromatic amines is 1. The summed E-state index contributed by atoms with van der Waals surface area (Å²) in [6.07, 6.45) is 2.01. The van der Waals surface area contributed by atoms with Crippen molar-refractivity contribution in [2.45, 2.75) is 26.1 Å². The van der Waals surface area contributed by atoms with E-state index in [1.807, 2.05) is 85.1 Å². The Bertz CT molecular complexity index is 1210. The van der Waals surface area contributed by atoms with Gasteiger partial charge in [-0.1, -0.05) is 60.7 Å². The summed E-state index contributed by atoms with van der Waals surface area (Å²) in [5.41, 5.74) is 3.73. The molecule has 1 heterocycles. The van der Waals surface area contributed by atoms with Crippen molar-refractivity contribution in [1.29, 1.82) is 0 Å². The van der Waals surface area contributed by atoms with Gasteiger partial charge in [0.15, 0.2) is 0 Å². The van der Waals surface area contributed by atoms with Crippen LogP contribution in [-0.2, 0) is 34.0 Å². The van der Waals surface area contributed by atoms with Crippen molar-refractivity contribution in [2.75, 3.05) is 0 Å². The molecule has 168 valence electrons. The number of carboxylic acids is 1. The van der Waals surface area contributed by atoms with Crippen LogP contribution in [0.15, 0.2) is 85.1 Å². The summed E-state index contributed by atoms with van der Waals surface area (Å²) in [6, 6.07) is 24.7. The third-order valence-electron chi connectivity index (χ3n) is 5.46. The molecule has 0 aliphatic carbocycles. The first-order valence-electron chi connectivity index (χ1n) is 10.8. The van der Waals surface area contributed by atoms with Gasteiger partial charge in [0.25, 0.3) is 0 Å². The van der Waals surface area contributed by atoms with E-state index < -0.39 is 17.9 Å². The van der Waals surface area contributed by atoms with Crippen molar-refractivity contribution in [3.63, 3.8) is 0 Å². The minimum atomic E-state index is -1.00. The van der Waals surface area contributed by atoms with Crippen LogP contribution in [0.25, 0.3) is 10.9 Å². The molecule has 0 aliphatic rings. The third-order valence-corrected chi connectivity index (χ3v) is 5.46. The average Bonchev–Trinajstić information content (AvgIpc) is 3.32. The molecule has 0 radical (unpaired) electrons. The number of esters is 1. The number of aromatic nitrogens is 1. The second-order valence-electron chi connectivity index (χ2n) is 7.89. The molecule has 0 fully saturated rings. The number of hydrogen-bond acceptors (Lipinski definition) is 4. The SMILES string of the molecule is O=C(C[C@@H](Cc1ccccc1)C(=O)O)OCc1ccc(COc2cccc3[nH]ccc23)cc1. The van der Waals surface area contributed by atoms with Crippen molar-refractivity contribution in [3.8, 4) is 5.75 Å². The predicted octanol–water partition coefficient (Wildman–Crippen LogP) is 5.12. The van der Waals surface area contributed by atoms with Gasteiger partial charge in [-0.15, -0.1) is 0 Å². The van der Waals surface area contributed by atoms with Gasteiger partial charge in [-0.2, -0.15) is 0 Å². The van der Waals surface area contributed by atoms with Gasteiger partial charge in [-0.05, 0) is 41.3 Å². The summed E-state index contributed by atoms with van der Waals surface area (Å²) >= 11 is 0. The number of H-pyrrole nitrogens is 1. The van der Waals surface area contributed by atoms with Gasteiger partial charge in [-0.3, -0.25) is 9.59 Å². The molecule has 1 aromatic heterocycles. The second kappa shape index (κ2) is 10.5. The maximum atomic E-state index is 12.2. The summed E-state index contributed by atoms with van der Waals surface area (Å²) < 4.78 is 11.3. The zero-order valence-electron chi connectivity index (χ0n) is 18.1. The topological polar surface area (TPSA) is 88.6 Å². The standard InChI is InChI=1S/C27H25NO5/c29-26(16-22(27(30)31)15-19-5-2-1-3-6-19)33-18-21-11-9-20(10-12-21)17-32-25-8-4-7-24-23(25)13-14-28-24/h1-14,22,28H,15-18H2,(H,30,31)/t22-/m1/s1. The molecule has 3 aromatic carbocycles. The monoisotopic (exact) mass is 443 g/mol. The van der Waals surface area contributed by atoms with Gasteiger partial charge < -0.3 is 19.6 Å². The van der Waals surface area contributed by atoms with Crippen LogP contribution in [0.5, 0.6) is 5.75 Å². The maximum Gasteiger partial charge on any atom is 0.307 e. The van der Waals surface area contributed by atoms with E-state index in [0.717, 1.165) is 33.3 Å². The molecule has 33 heavy (non-hydrogen) atoms. The summed E-state index contributed by atoms with van der Waals surface area (Å²) in [5.74, 6) is -1.53. The van der Waals surface area contributed by atoms with Crippen LogP contribution in [0, 0.1) is 5.92 Å². The van der Waals surface area contributed by atoms with E-state index in [2.05, 4.69) is 4.98 Å². The van der Waals surface area contributed by atoms with Gasteiger partial charge in [0.05, 0.1) is 12.3 Å². The average molecular weight is 443 g/mol. The molecule has 6 nitrogen and oxygen atoms in total. The van der Waals surface area contributed by atoms with E-state index in [4.69, 9.17) is 9.47 Å². The molecule has 0 amide bonds. The molecule has 4 aromatic rings. The summed E-state index contributed by atoms with van der Waals surface area (Å²) in [5, 5.41) is 10.5. The van der Waals surface area contributed by atoms with Crippen molar-refractivity contribution >= 4 is 22.8 Å². The van der Waals surface area contributed by atoms with E-state index in [0.29, 0.717) is 6.61 Å². The lowest BCUT2D eigenvalue weighted by Crippen LogP contribution is -2.21. The Labute approximate surface area is 191 Å². The Balaban J connectivity index is 1.26. The molecule has 0 spiro atoms. The van der Waals surface area contributed by atoms with Crippen LogP contribution >= 0.6 is 0 Å². The number of rotatable bonds is 10. The van der Waals surface area contributed by atoms with Crippen molar-refractivity contribution < 1.29 is 24.2 Å². The molecule has 0 saturated carbocycles. The number of nitrogens with one attached hydrogen (secondary N) is 1. The molecule has 4 rings (SSSR count). The quantitative estimate of drug-likeness (QED) is 0.332. The molecule has 0 bridgehead atoms. The lowest BCUT2D eigenvalue weighted by Gasteiger charge is -2.12. The lowest BCUT2D eigenvalue weighted by atomic mass is 9.96. The van der Waals surface area contributed by atoms with Crippen molar-refractivity contribution in [1.82, 2.24) is 4.98 Å². The Morgan fingerprint density at radius 3 is 2.27 bits per heavy atom. The molecular formula is C27H25NO5. The smallest absolute Gasteiger partial charge is 0.307 e. The molecule has 1 atom stereocenters. The Morgan fingerprint density at radius 1 is 0.818 bits per heavy atom. The molecule has 0 saturated heterocycles. The molecule has 6 heteroatoms. The highest BCUT2D eigenvalue weighted by Gasteiger charge is 2.22. The van der Waals surface area contributed by atoms with Crippen LogP contribution in [-0.4, -0.2) is 22.0 Å². The minimum absolute atomic E-state index is 0.0975. The van der Waals surface area contributed by atoms with Gasteiger partial charge in [0.1, 0.15) is 19.0 Å². The van der Waals surface area contributed by atoms with Gasteiger partial charge in [-0.25, -0.2) is 0 Å². The fraction of sp³-hybridized carbons (Fsp3) is 0.185. The van der Waals surface area contributed by atoms with E-state index in [9.17, 15) is 14.7 Å². The largest absolute Gasteiger partial charge is 0.488 e. The molecule has 2 N–H and O–H groups in total. The van der Waals surface area contributed by atoms with Gasteiger partial charge in [0, 0.05) is 17.1 Å². The van der Waals surface area contributed by atoms with Gasteiger partial charge >= 0.3 is 11.9 Å². The first-order chi connectivity index (χ1) is 16.1. The van der Waals surface area contributed by atoms with Crippen molar-refractivity contribution in [3.05, 3.63) is 102 Å². The number of carboxylic acid groups (broad SMARTS) is 1. The first-order valence-corrected chi connectivity index (χ1v) is 10.8. The Hall–Kier alpha value is -4.06. The normalized spacial score (nSPS) is 11.8. The highest BCUT2D eigenvalue weighted by Crippen LogP contribution is 2.25. The first kappa shape index (κ1) is 22.1. The molecule has 0 aliphatic heterocycles. The summed E-state index contributed by atoms with van der Waals surface area (Å²) in [6.45, 7) is 0.518. The number of aliphatic carboxylic acids is 1. The van der Waals surface area contributed by atoms with Gasteiger partial charge in [0.2, 0.25) is 0 Å². The van der Waals surface area contributed by atoms with Crippen LogP contribution in [0.4, 0.5) is 0 Å². The zero-order chi connectivity index (χ0) is 23.0. The maximum absolute atomic E-state index is 12.2. The fourth-order valence-electron chi connectivity index (χ4n) is 3.64. The number of fused-ring (bicyclic) bond motifs is 1. The zero-order valence-corrected chi connectivity index (χ0v) is 18.1. The lowest BCUT2D eigenvalue weighted by molar-refractivity contribution is -0.152. The second-order valence-corrected chi connectivity index (χ2v) is 7.89. The fourth-order valence-corrected chi connectivity index (χ4v) is 3.64. The van der Waals surface area contributed by atoms with Crippen LogP contribution in [0.2, 0.25) is 0 Å². The van der Waals surface area contributed by atoms with E-state index in [1.54, 1.807) is 0 Å². The number of carbonyl (C=O) groups excluding carboxylic acids is 1. The highest BCUT2D eigenvalue weighted by molar-refractivity contribution is 5.85. The summed E-state index contributed by atoms with van der Waals surface area (Å²) in [7, 11) is 0. The van der Waals surface area contributed by atoms with Crippen LogP contribution < -0.4 is 4.74 Å². The van der Waals surface area contributed by atoms with E-state index >= 15 is 0 Å². The number of benzene rings is 3. The van der Waals surface area contributed by atoms with Crippen LogP contribution in [0.1, 0.15) is 23.1 Å². The number of hydrogen-bond donors (Lipinski definition) is 2. The molecular weight excluding hydrogens is 418 g/mol. The Kier molecular flexibility index (Phi) is 7.05. The number of ether oxygens (including phenoxy) is 2. The van der Waals surface area contributed by atoms with Crippen LogP contribution in [0.3, 0.4) is 0 Å². The summed E-state index contributed by atoms with van der Waals surface area (Å²) in [4.78, 5) is 26.9. The molecule has 0 unspecified atom stereocenters. The van der Waals surface area contributed by atoms with E-state index in [1.165, 1.54) is 0 Å². The Morgan fingerprint density at radius 2 is 1.55 bits per heavy atom. The third kappa shape index (κ3) is 6.01. The highest BCUT2D eigenvalue weighted by atomic mass is 16.5.